The molecule has 0 aliphatic heterocycles. The second kappa shape index (κ2) is 7.83. The summed E-state index contributed by atoms with van der Waals surface area (Å²) in [6.07, 6.45) is 14.9. The van der Waals surface area contributed by atoms with Crippen molar-refractivity contribution < 1.29 is 15.0 Å². The zero-order chi connectivity index (χ0) is 24.7. The van der Waals surface area contributed by atoms with Crippen molar-refractivity contribution in [3.8, 4) is 0 Å². The number of hydrogen-bond acceptors (Lipinski definition) is 2. The third kappa shape index (κ3) is 2.94. The number of carboxylic acids is 1. The average molecular weight is 471 g/mol. The summed E-state index contributed by atoms with van der Waals surface area (Å²) >= 11 is 0. The summed E-state index contributed by atoms with van der Waals surface area (Å²) in [5, 5.41) is 21.5. The van der Waals surface area contributed by atoms with Crippen LogP contribution in [0.2, 0.25) is 0 Å². The molecule has 5 aliphatic carbocycles. The number of fused-ring (bicyclic) bond motifs is 7. The predicted octanol–water partition coefficient (Wildman–Crippen LogP) is 7.48. The maximum atomic E-state index is 12.8. The van der Waals surface area contributed by atoms with Crippen LogP contribution < -0.4 is 0 Å². The van der Waals surface area contributed by atoms with E-state index in [2.05, 4.69) is 41.2 Å². The third-order valence-corrected chi connectivity index (χ3v) is 13.7. The minimum absolute atomic E-state index is 0.0155. The molecule has 4 unspecified atom stereocenters. The first kappa shape index (κ1) is 24.8. The average Bonchev–Trinajstić information content (AvgIpc) is 3.16. The van der Waals surface area contributed by atoms with E-state index in [9.17, 15) is 15.0 Å². The molecule has 10 atom stereocenters. The van der Waals surface area contributed by atoms with Crippen molar-refractivity contribution in [2.45, 2.75) is 118 Å². The molecule has 5 rings (SSSR count). The molecule has 0 amide bonds. The first-order valence-electron chi connectivity index (χ1n) is 14.4. The van der Waals surface area contributed by atoms with E-state index in [0.29, 0.717) is 29.6 Å². The van der Waals surface area contributed by atoms with Crippen LogP contribution in [0.5, 0.6) is 0 Å². The molecule has 34 heavy (non-hydrogen) atoms. The molecule has 3 nitrogen and oxygen atoms in total. The van der Waals surface area contributed by atoms with Crippen LogP contribution in [0, 0.1) is 56.7 Å². The van der Waals surface area contributed by atoms with Crippen LogP contribution in [0.15, 0.2) is 12.7 Å². The van der Waals surface area contributed by atoms with Gasteiger partial charge in [0.1, 0.15) is 0 Å². The Kier molecular flexibility index (Phi) is 5.72. The SMILES string of the molecule is C=CCC[C@@H]1CC[C@]2(C(=O)O)CC[C@]3(C)C(CCC4[C@@]5(C)CC[C@H](O)C(C)(C)C5CC[C@]43C)C12. The standard InChI is InChI=1S/C31H50O3/c1-7-8-9-20-12-17-31(26(33)34)19-18-29(5)21(25(20)31)10-11-23-28(4)15-14-24(32)27(2,3)22(28)13-16-30(23,29)6/h7,20-25,32H,1,8-19H2,2-6H3,(H,33,34)/t20-,21?,22?,23?,24+,25?,28+,29-,30-,31+/m1/s1. The maximum Gasteiger partial charge on any atom is 0.309 e. The lowest BCUT2D eigenvalue weighted by molar-refractivity contribution is -0.248. The molecule has 0 radical (unpaired) electrons. The van der Waals surface area contributed by atoms with Crippen molar-refractivity contribution in [3.63, 3.8) is 0 Å². The number of carboxylic acid groups (broad SMARTS) is 1. The number of hydrogen-bond donors (Lipinski definition) is 2. The first-order valence-corrected chi connectivity index (χ1v) is 14.4. The number of carbonyl (C=O) groups is 1. The number of rotatable bonds is 4. The summed E-state index contributed by atoms with van der Waals surface area (Å²) in [6, 6.07) is 0. The van der Waals surface area contributed by atoms with Gasteiger partial charge in [0, 0.05) is 0 Å². The molecule has 0 aromatic rings. The fraction of sp³-hybridized carbons (Fsp3) is 0.903. The highest BCUT2D eigenvalue weighted by molar-refractivity contribution is 5.76. The number of allylic oxidation sites excluding steroid dienone is 1. The molecule has 0 spiro atoms. The molecular formula is C31H50O3. The number of aliphatic hydroxyl groups excluding tert-OH is 1. The van der Waals surface area contributed by atoms with E-state index in [4.69, 9.17) is 0 Å². The normalized spacial score (nSPS) is 53.7. The van der Waals surface area contributed by atoms with Gasteiger partial charge in [-0.05, 0) is 128 Å². The van der Waals surface area contributed by atoms with Crippen molar-refractivity contribution >= 4 is 5.97 Å². The van der Waals surface area contributed by atoms with Gasteiger partial charge in [0.2, 0.25) is 0 Å². The Morgan fingerprint density at radius 3 is 2.29 bits per heavy atom. The lowest BCUT2D eigenvalue weighted by Gasteiger charge is -2.72. The van der Waals surface area contributed by atoms with E-state index < -0.39 is 11.4 Å². The van der Waals surface area contributed by atoms with Crippen LogP contribution in [0.4, 0.5) is 0 Å². The fourth-order valence-electron chi connectivity index (χ4n) is 11.7. The lowest BCUT2D eigenvalue weighted by atomic mass is 9.32. The summed E-state index contributed by atoms with van der Waals surface area (Å²) in [5.41, 5.74) is 0.249. The molecule has 0 aromatic carbocycles. The van der Waals surface area contributed by atoms with E-state index >= 15 is 0 Å². The lowest BCUT2D eigenvalue weighted by Crippen LogP contribution is -2.67. The molecule has 2 N–H and O–H groups in total. The van der Waals surface area contributed by atoms with Gasteiger partial charge in [-0.3, -0.25) is 4.79 Å². The summed E-state index contributed by atoms with van der Waals surface area (Å²) in [5.74, 6) is 2.14. The maximum absolute atomic E-state index is 12.8. The predicted molar refractivity (Wildman–Crippen MR) is 137 cm³/mol. The minimum atomic E-state index is -0.508. The van der Waals surface area contributed by atoms with Crippen molar-refractivity contribution in [1.82, 2.24) is 0 Å². The van der Waals surface area contributed by atoms with Crippen LogP contribution in [-0.4, -0.2) is 22.3 Å². The monoisotopic (exact) mass is 470 g/mol. The van der Waals surface area contributed by atoms with Gasteiger partial charge in [-0.25, -0.2) is 0 Å². The van der Waals surface area contributed by atoms with Gasteiger partial charge in [0.05, 0.1) is 11.5 Å². The minimum Gasteiger partial charge on any atom is -0.481 e. The van der Waals surface area contributed by atoms with Crippen LogP contribution in [0.3, 0.4) is 0 Å². The number of aliphatic carboxylic acids is 1. The van der Waals surface area contributed by atoms with Gasteiger partial charge in [0.15, 0.2) is 0 Å². The van der Waals surface area contributed by atoms with Crippen molar-refractivity contribution in [2.75, 3.05) is 0 Å². The van der Waals surface area contributed by atoms with Crippen LogP contribution in [-0.2, 0) is 4.79 Å². The second-order valence-corrected chi connectivity index (χ2v) is 14.7. The summed E-state index contributed by atoms with van der Waals surface area (Å²) < 4.78 is 0. The summed E-state index contributed by atoms with van der Waals surface area (Å²) in [4.78, 5) is 12.8. The van der Waals surface area contributed by atoms with Gasteiger partial charge < -0.3 is 10.2 Å². The van der Waals surface area contributed by atoms with Gasteiger partial charge in [-0.15, -0.1) is 6.58 Å². The molecule has 0 bridgehead atoms. The topological polar surface area (TPSA) is 57.5 Å². The largest absolute Gasteiger partial charge is 0.481 e. The van der Waals surface area contributed by atoms with E-state index in [1.807, 2.05) is 6.08 Å². The third-order valence-electron chi connectivity index (χ3n) is 13.7. The van der Waals surface area contributed by atoms with Crippen molar-refractivity contribution in [1.29, 1.82) is 0 Å². The zero-order valence-corrected chi connectivity index (χ0v) is 22.5. The molecule has 0 heterocycles. The Balaban J connectivity index is 1.53. The molecule has 0 aromatic heterocycles. The smallest absolute Gasteiger partial charge is 0.309 e. The molecule has 5 aliphatic rings. The molecular weight excluding hydrogens is 420 g/mol. The summed E-state index contributed by atoms with van der Waals surface area (Å²) in [6.45, 7) is 16.4. The molecule has 192 valence electrons. The fourth-order valence-corrected chi connectivity index (χ4v) is 11.7. The Morgan fingerprint density at radius 2 is 1.62 bits per heavy atom. The van der Waals surface area contributed by atoms with E-state index in [1.54, 1.807) is 0 Å². The quantitative estimate of drug-likeness (QED) is 0.419. The Bertz CT molecular complexity index is 848. The van der Waals surface area contributed by atoms with Crippen LogP contribution >= 0.6 is 0 Å². The molecule has 3 heteroatoms. The highest BCUT2D eigenvalue weighted by Gasteiger charge is 2.71. The van der Waals surface area contributed by atoms with Gasteiger partial charge in [-0.2, -0.15) is 0 Å². The molecule has 5 fully saturated rings. The Labute approximate surface area is 208 Å². The molecule has 5 saturated carbocycles. The Morgan fingerprint density at radius 1 is 0.882 bits per heavy atom. The van der Waals surface area contributed by atoms with Crippen LogP contribution in [0.25, 0.3) is 0 Å². The highest BCUT2D eigenvalue weighted by Crippen LogP contribution is 2.77. The van der Waals surface area contributed by atoms with Gasteiger partial charge in [0.25, 0.3) is 0 Å². The van der Waals surface area contributed by atoms with Crippen molar-refractivity contribution in [3.05, 3.63) is 12.7 Å². The second-order valence-electron chi connectivity index (χ2n) is 14.7. The van der Waals surface area contributed by atoms with Crippen molar-refractivity contribution in [2.24, 2.45) is 56.7 Å². The first-order chi connectivity index (χ1) is 15.9. The Hall–Kier alpha value is -0.830. The number of aliphatic hydroxyl groups is 1. The van der Waals surface area contributed by atoms with E-state index in [1.165, 1.54) is 25.7 Å². The van der Waals surface area contributed by atoms with E-state index in [0.717, 1.165) is 51.4 Å². The highest BCUT2D eigenvalue weighted by atomic mass is 16.4. The van der Waals surface area contributed by atoms with Gasteiger partial charge >= 0.3 is 5.97 Å². The van der Waals surface area contributed by atoms with Crippen LogP contribution in [0.1, 0.15) is 112 Å². The zero-order valence-electron chi connectivity index (χ0n) is 22.5. The van der Waals surface area contributed by atoms with Gasteiger partial charge in [-0.1, -0.05) is 40.7 Å². The van der Waals surface area contributed by atoms with E-state index in [-0.39, 0.29) is 27.8 Å². The molecule has 0 saturated heterocycles. The summed E-state index contributed by atoms with van der Waals surface area (Å²) in [7, 11) is 0.